The predicted octanol–water partition coefficient (Wildman–Crippen LogP) is 5.33. The molecule has 9 nitrogen and oxygen atoms in total. The van der Waals surface area contributed by atoms with E-state index in [9.17, 15) is 13.2 Å². The molecule has 0 spiro atoms. The summed E-state index contributed by atoms with van der Waals surface area (Å²) < 4.78 is 37.5. The largest absolute Gasteiger partial charge is 0.490 e. The Morgan fingerprint density at radius 3 is 2.71 bits per heavy atom. The Morgan fingerprint density at radius 2 is 2.03 bits per heavy atom. The van der Waals surface area contributed by atoms with Crippen LogP contribution in [0.5, 0.6) is 5.88 Å². The summed E-state index contributed by atoms with van der Waals surface area (Å²) >= 11 is 1.59. The maximum atomic E-state index is 10.6. The van der Waals surface area contributed by atoms with Crippen molar-refractivity contribution in [2.45, 2.75) is 45.0 Å². The van der Waals surface area contributed by atoms with Crippen molar-refractivity contribution in [1.82, 2.24) is 25.5 Å². The first-order valence-corrected chi connectivity index (χ1v) is 12.8. The highest BCUT2D eigenvalue weighted by atomic mass is 32.1. The maximum Gasteiger partial charge on any atom is 0.490 e. The average Bonchev–Trinajstić information content (AvgIpc) is 3.51. The van der Waals surface area contributed by atoms with Gasteiger partial charge in [-0.2, -0.15) is 13.2 Å². The number of aromatic amines is 1. The summed E-state index contributed by atoms with van der Waals surface area (Å²) in [6, 6.07) is 12.6. The van der Waals surface area contributed by atoms with Crippen LogP contribution in [-0.2, 0) is 4.79 Å². The Hall–Kier alpha value is -3.71. The monoisotopic (exact) mass is 548 g/mol. The van der Waals surface area contributed by atoms with Crippen molar-refractivity contribution in [3.63, 3.8) is 0 Å². The zero-order valence-electron chi connectivity index (χ0n) is 20.7. The van der Waals surface area contributed by atoms with E-state index in [-0.39, 0.29) is 6.10 Å². The molecule has 0 aliphatic carbocycles. The number of nitrogens with zero attached hydrogens (tertiary/aromatic N) is 3. The van der Waals surface area contributed by atoms with Crippen LogP contribution in [0.1, 0.15) is 26.7 Å². The van der Waals surface area contributed by atoms with E-state index in [0.717, 1.165) is 57.4 Å². The summed E-state index contributed by atoms with van der Waals surface area (Å²) in [5.41, 5.74) is 4.04. The van der Waals surface area contributed by atoms with Crippen LogP contribution in [0.4, 0.5) is 18.3 Å². The van der Waals surface area contributed by atoms with Gasteiger partial charge >= 0.3 is 12.1 Å². The normalized spacial score (nSPS) is 15.7. The van der Waals surface area contributed by atoms with Gasteiger partial charge in [0.05, 0.1) is 11.8 Å². The van der Waals surface area contributed by atoms with Crippen LogP contribution in [0.2, 0.25) is 0 Å². The summed E-state index contributed by atoms with van der Waals surface area (Å²) in [7, 11) is 0. The molecule has 1 fully saturated rings. The maximum absolute atomic E-state index is 10.6. The highest BCUT2D eigenvalue weighted by Gasteiger charge is 2.38. The number of benzene rings is 1. The van der Waals surface area contributed by atoms with Crippen LogP contribution in [0.25, 0.3) is 32.7 Å². The van der Waals surface area contributed by atoms with E-state index in [4.69, 9.17) is 19.6 Å². The number of ether oxygens (including phenoxy) is 1. The number of alkyl halides is 3. The van der Waals surface area contributed by atoms with Gasteiger partial charge in [0.2, 0.25) is 11.0 Å². The summed E-state index contributed by atoms with van der Waals surface area (Å²) in [5.74, 6) is -2.12. The molecule has 13 heteroatoms. The van der Waals surface area contributed by atoms with Crippen LogP contribution >= 0.6 is 11.3 Å². The zero-order valence-corrected chi connectivity index (χ0v) is 21.5. The number of halogens is 3. The van der Waals surface area contributed by atoms with Crippen molar-refractivity contribution in [3.8, 4) is 27.7 Å². The number of aromatic nitrogens is 4. The molecule has 3 aromatic heterocycles. The molecule has 5 rings (SSSR count). The van der Waals surface area contributed by atoms with Gasteiger partial charge in [-0.05, 0) is 57.5 Å². The molecule has 202 valence electrons. The number of hydrogen-bond donors (Lipinski definition) is 4. The molecule has 1 unspecified atom stereocenters. The molecule has 1 aliphatic heterocycles. The number of carboxylic acids is 1. The Labute approximate surface area is 220 Å². The Kier molecular flexibility index (Phi) is 8.47. The van der Waals surface area contributed by atoms with Gasteiger partial charge < -0.3 is 25.5 Å². The lowest BCUT2D eigenvalue weighted by molar-refractivity contribution is -0.192. The average molecular weight is 549 g/mol. The minimum Gasteiger partial charge on any atom is -0.475 e. The number of fused-ring (bicyclic) bond motifs is 1. The lowest BCUT2D eigenvalue weighted by atomic mass is 10.1. The Balaban J connectivity index is 0.000000426. The number of aliphatic carboxylic acids is 1. The standard InChI is InChI=1S/C23H26N6OS.C2HF3O2/c1-14(2)30-21-7-3-6-20(27-21)18-13-25-19-9-8-15(11-17(18)19)22-28-29-23(31-22)26-16-5-4-10-24-12-16;3-2(4,5)1(6)7/h3,6-9,11,13-14,16,24-25H,4-5,10,12H2,1-2H3,(H,26,29);(H,6,7). The van der Waals surface area contributed by atoms with Crippen LogP contribution in [0.15, 0.2) is 42.6 Å². The molecule has 0 bridgehead atoms. The molecule has 0 radical (unpaired) electrons. The molecule has 38 heavy (non-hydrogen) atoms. The topological polar surface area (TPSA) is 125 Å². The molecule has 1 atom stereocenters. The SMILES string of the molecule is CC(C)Oc1cccc(-c2c[nH]c3ccc(-c4nnc(NC5CCCNC5)s4)cc23)n1.O=C(O)C(F)(F)F. The van der Waals surface area contributed by atoms with Crippen molar-refractivity contribution in [2.24, 2.45) is 0 Å². The van der Waals surface area contributed by atoms with Crippen molar-refractivity contribution < 1.29 is 27.8 Å². The minimum absolute atomic E-state index is 0.0851. The van der Waals surface area contributed by atoms with Crippen molar-refractivity contribution in [1.29, 1.82) is 0 Å². The van der Waals surface area contributed by atoms with E-state index in [1.807, 2.05) is 38.2 Å². The second-order valence-electron chi connectivity index (χ2n) is 8.89. The Morgan fingerprint density at radius 1 is 1.24 bits per heavy atom. The number of rotatable bonds is 6. The fourth-order valence-electron chi connectivity index (χ4n) is 3.89. The summed E-state index contributed by atoms with van der Waals surface area (Å²) in [4.78, 5) is 16.9. The van der Waals surface area contributed by atoms with Crippen LogP contribution in [0.3, 0.4) is 0 Å². The first kappa shape index (κ1) is 27.3. The lowest BCUT2D eigenvalue weighted by Crippen LogP contribution is -2.38. The molecule has 4 heterocycles. The van der Waals surface area contributed by atoms with Gasteiger partial charge in [0.15, 0.2) is 0 Å². The minimum atomic E-state index is -5.08. The van der Waals surface area contributed by atoms with E-state index in [0.29, 0.717) is 11.9 Å². The number of anilines is 1. The second kappa shape index (κ2) is 11.8. The third kappa shape index (κ3) is 6.98. The van der Waals surface area contributed by atoms with Gasteiger partial charge in [-0.15, -0.1) is 10.2 Å². The summed E-state index contributed by atoms with van der Waals surface area (Å²) in [6.45, 7) is 6.07. The summed E-state index contributed by atoms with van der Waals surface area (Å²) in [5, 5.41) is 25.7. The molecular formula is C25H27F3N6O3S. The molecule has 4 aromatic rings. The number of nitrogens with one attached hydrogen (secondary N) is 3. The second-order valence-corrected chi connectivity index (χ2v) is 9.87. The van der Waals surface area contributed by atoms with Crippen molar-refractivity contribution >= 4 is 33.3 Å². The molecular weight excluding hydrogens is 521 g/mol. The van der Waals surface area contributed by atoms with E-state index in [2.05, 4.69) is 44.0 Å². The smallest absolute Gasteiger partial charge is 0.475 e. The third-order valence-corrected chi connectivity index (χ3v) is 6.48. The number of carboxylic acid groups (broad SMARTS) is 1. The van der Waals surface area contributed by atoms with Gasteiger partial charge in [0.1, 0.15) is 5.01 Å². The number of piperidine rings is 1. The number of hydrogen-bond acceptors (Lipinski definition) is 8. The van der Waals surface area contributed by atoms with E-state index in [1.54, 1.807) is 11.3 Å². The highest BCUT2D eigenvalue weighted by molar-refractivity contribution is 7.18. The predicted molar refractivity (Wildman–Crippen MR) is 139 cm³/mol. The lowest BCUT2D eigenvalue weighted by Gasteiger charge is -2.23. The molecule has 0 amide bonds. The van der Waals surface area contributed by atoms with Gasteiger partial charge in [0, 0.05) is 46.9 Å². The molecule has 1 aromatic carbocycles. The van der Waals surface area contributed by atoms with E-state index in [1.165, 1.54) is 6.42 Å². The van der Waals surface area contributed by atoms with E-state index >= 15 is 0 Å². The molecule has 1 aliphatic rings. The Bertz CT molecular complexity index is 1380. The first-order chi connectivity index (χ1) is 18.1. The number of H-pyrrole nitrogens is 1. The molecule has 0 saturated carbocycles. The van der Waals surface area contributed by atoms with Gasteiger partial charge in [-0.3, -0.25) is 0 Å². The first-order valence-electron chi connectivity index (χ1n) is 12.0. The van der Waals surface area contributed by atoms with Crippen LogP contribution in [0, 0.1) is 0 Å². The van der Waals surface area contributed by atoms with Gasteiger partial charge in [0.25, 0.3) is 0 Å². The fourth-order valence-corrected chi connectivity index (χ4v) is 4.70. The fraction of sp³-hybridized carbons (Fsp3) is 0.360. The quantitative estimate of drug-likeness (QED) is 0.255. The zero-order chi connectivity index (χ0) is 27.3. The highest BCUT2D eigenvalue weighted by Crippen LogP contribution is 2.34. The summed E-state index contributed by atoms with van der Waals surface area (Å²) in [6.07, 6.45) is -0.651. The van der Waals surface area contributed by atoms with Crippen molar-refractivity contribution in [3.05, 3.63) is 42.6 Å². The van der Waals surface area contributed by atoms with Crippen LogP contribution in [-0.4, -0.2) is 62.7 Å². The van der Waals surface area contributed by atoms with Crippen molar-refractivity contribution in [2.75, 3.05) is 18.4 Å². The van der Waals surface area contributed by atoms with Crippen LogP contribution < -0.4 is 15.4 Å². The van der Waals surface area contributed by atoms with Gasteiger partial charge in [-0.1, -0.05) is 17.4 Å². The number of pyridine rings is 1. The molecule has 4 N–H and O–H groups in total. The number of carbonyl (C=O) groups is 1. The third-order valence-electron chi connectivity index (χ3n) is 5.58. The molecule has 1 saturated heterocycles. The van der Waals surface area contributed by atoms with E-state index < -0.39 is 12.1 Å². The van der Waals surface area contributed by atoms with Gasteiger partial charge in [-0.25, -0.2) is 9.78 Å².